The molecule has 0 atom stereocenters. The van der Waals surface area contributed by atoms with Crippen LogP contribution in [0.4, 0.5) is 4.39 Å². The molecule has 1 aromatic carbocycles. The van der Waals surface area contributed by atoms with Gasteiger partial charge in [-0.15, -0.1) is 0 Å². The summed E-state index contributed by atoms with van der Waals surface area (Å²) in [7, 11) is 1.46. The minimum Gasteiger partial charge on any atom is -0.494 e. The van der Waals surface area contributed by atoms with Crippen LogP contribution in [0, 0.1) is 5.82 Å². The first-order chi connectivity index (χ1) is 12.1. The molecule has 0 aliphatic carbocycles. The summed E-state index contributed by atoms with van der Waals surface area (Å²) in [4.78, 5) is 13.6. The van der Waals surface area contributed by atoms with Crippen LogP contribution in [0.2, 0.25) is 0 Å². The van der Waals surface area contributed by atoms with E-state index < -0.39 is 0 Å². The number of aromatic nitrogens is 2. The maximum absolute atomic E-state index is 13.8. The SMILES string of the molecule is CCC(=O)NCc1cc2n(n1)CCN(Cc1ccc(OC)c(F)c1)C2. The third-order valence-corrected chi connectivity index (χ3v) is 4.34. The first-order valence-electron chi connectivity index (χ1n) is 8.46. The number of fused-ring (bicyclic) bond motifs is 1. The van der Waals surface area contributed by atoms with Crippen LogP contribution in [-0.2, 0) is 31.0 Å². The van der Waals surface area contributed by atoms with E-state index in [1.54, 1.807) is 6.07 Å². The number of ether oxygens (including phenoxy) is 1. The normalized spacial score (nSPS) is 14.2. The highest BCUT2D eigenvalue weighted by Crippen LogP contribution is 2.21. The van der Waals surface area contributed by atoms with Crippen LogP contribution in [0.25, 0.3) is 0 Å². The number of benzene rings is 1. The molecule has 1 aliphatic heterocycles. The lowest BCUT2D eigenvalue weighted by Gasteiger charge is -2.27. The van der Waals surface area contributed by atoms with Gasteiger partial charge >= 0.3 is 0 Å². The van der Waals surface area contributed by atoms with Crippen LogP contribution in [0.15, 0.2) is 24.3 Å². The average Bonchev–Trinajstić information content (AvgIpc) is 3.02. The average molecular weight is 346 g/mol. The molecule has 3 rings (SSSR count). The number of rotatable bonds is 6. The topological polar surface area (TPSA) is 59.4 Å². The van der Waals surface area contributed by atoms with Crippen LogP contribution < -0.4 is 10.1 Å². The molecule has 0 radical (unpaired) electrons. The number of amides is 1. The second-order valence-electron chi connectivity index (χ2n) is 6.16. The summed E-state index contributed by atoms with van der Waals surface area (Å²) in [6.45, 7) is 5.35. The van der Waals surface area contributed by atoms with Crippen LogP contribution in [0.5, 0.6) is 5.75 Å². The van der Waals surface area contributed by atoms with Crippen LogP contribution >= 0.6 is 0 Å². The third kappa shape index (κ3) is 4.17. The number of nitrogens with one attached hydrogen (secondary N) is 1. The smallest absolute Gasteiger partial charge is 0.220 e. The zero-order valence-corrected chi connectivity index (χ0v) is 14.6. The highest BCUT2D eigenvalue weighted by molar-refractivity contribution is 5.75. The van der Waals surface area contributed by atoms with E-state index >= 15 is 0 Å². The van der Waals surface area contributed by atoms with E-state index in [2.05, 4.69) is 15.3 Å². The molecule has 6 nitrogen and oxygen atoms in total. The van der Waals surface area contributed by atoms with Crippen LogP contribution in [0.1, 0.15) is 30.3 Å². The summed E-state index contributed by atoms with van der Waals surface area (Å²) in [5, 5.41) is 7.38. The lowest BCUT2D eigenvalue weighted by Crippen LogP contribution is -2.33. The molecule has 0 saturated carbocycles. The molecule has 0 saturated heterocycles. The van der Waals surface area contributed by atoms with Crippen molar-refractivity contribution in [3.63, 3.8) is 0 Å². The highest BCUT2D eigenvalue weighted by atomic mass is 19.1. The van der Waals surface area contributed by atoms with Crippen molar-refractivity contribution < 1.29 is 13.9 Å². The molecule has 1 aromatic heterocycles. The van der Waals surface area contributed by atoms with Gasteiger partial charge in [-0.25, -0.2) is 4.39 Å². The van der Waals surface area contributed by atoms with Crippen LogP contribution in [0.3, 0.4) is 0 Å². The van der Waals surface area contributed by atoms with Gasteiger partial charge in [-0.1, -0.05) is 13.0 Å². The first kappa shape index (κ1) is 17.4. The number of halogens is 1. The van der Waals surface area contributed by atoms with Crippen LogP contribution in [-0.4, -0.2) is 34.2 Å². The van der Waals surface area contributed by atoms with Crippen molar-refractivity contribution >= 4 is 5.91 Å². The summed E-state index contributed by atoms with van der Waals surface area (Å²) in [6.07, 6.45) is 0.472. The lowest BCUT2D eigenvalue weighted by molar-refractivity contribution is -0.120. The molecule has 1 amide bonds. The fourth-order valence-corrected chi connectivity index (χ4v) is 2.98. The zero-order valence-electron chi connectivity index (χ0n) is 14.6. The Labute approximate surface area is 146 Å². The summed E-state index contributed by atoms with van der Waals surface area (Å²) >= 11 is 0. The molecule has 0 bridgehead atoms. The molecule has 134 valence electrons. The predicted octanol–water partition coefficient (Wildman–Crippen LogP) is 2.07. The van der Waals surface area contributed by atoms with Gasteiger partial charge in [-0.05, 0) is 23.8 Å². The molecule has 7 heteroatoms. The first-order valence-corrected chi connectivity index (χ1v) is 8.46. The summed E-state index contributed by atoms with van der Waals surface area (Å²) < 4.78 is 20.8. The standard InChI is InChI=1S/C18H23FN4O2/c1-3-18(24)20-10-14-9-15-12-22(6-7-23(15)21-14)11-13-4-5-17(25-2)16(19)8-13/h4-5,8-9H,3,6-7,10-12H2,1-2H3,(H,20,24). The second-order valence-corrected chi connectivity index (χ2v) is 6.16. The maximum atomic E-state index is 13.8. The Balaban J connectivity index is 1.62. The molecular formula is C18H23FN4O2. The van der Waals surface area contributed by atoms with E-state index in [4.69, 9.17) is 4.74 Å². The third-order valence-electron chi connectivity index (χ3n) is 4.34. The minimum absolute atomic E-state index is 0.0223. The fraction of sp³-hybridized carbons (Fsp3) is 0.444. The van der Waals surface area contributed by atoms with E-state index in [-0.39, 0.29) is 17.5 Å². The van der Waals surface area contributed by atoms with Crippen molar-refractivity contribution in [1.82, 2.24) is 20.0 Å². The Bertz CT molecular complexity index is 760. The van der Waals surface area contributed by atoms with E-state index in [1.165, 1.54) is 13.2 Å². The molecule has 0 unspecified atom stereocenters. The zero-order chi connectivity index (χ0) is 17.8. The monoisotopic (exact) mass is 346 g/mol. The number of carbonyl (C=O) groups excluding carboxylic acids is 1. The Morgan fingerprint density at radius 3 is 2.92 bits per heavy atom. The van der Waals surface area contributed by atoms with Gasteiger partial charge in [-0.2, -0.15) is 5.10 Å². The second kappa shape index (κ2) is 7.65. The summed E-state index contributed by atoms with van der Waals surface area (Å²) in [5.41, 5.74) is 2.90. The van der Waals surface area contributed by atoms with Gasteiger partial charge in [0.25, 0.3) is 0 Å². The van der Waals surface area contributed by atoms with Crippen molar-refractivity contribution in [3.05, 3.63) is 47.0 Å². The molecule has 2 aromatic rings. The van der Waals surface area contributed by atoms with Gasteiger partial charge in [0.15, 0.2) is 11.6 Å². The van der Waals surface area contributed by atoms with Gasteiger partial charge in [0, 0.05) is 26.1 Å². The largest absolute Gasteiger partial charge is 0.494 e. The van der Waals surface area contributed by atoms with E-state index in [9.17, 15) is 9.18 Å². The predicted molar refractivity (Wildman–Crippen MR) is 91.4 cm³/mol. The molecule has 1 aliphatic rings. The van der Waals surface area contributed by atoms with Gasteiger partial charge in [-0.3, -0.25) is 14.4 Å². The van der Waals surface area contributed by atoms with Crippen molar-refractivity contribution in [2.75, 3.05) is 13.7 Å². The van der Waals surface area contributed by atoms with Gasteiger partial charge in [0.2, 0.25) is 5.91 Å². The Kier molecular flexibility index (Phi) is 5.33. The molecule has 2 heterocycles. The van der Waals surface area contributed by atoms with Gasteiger partial charge in [0.1, 0.15) is 0 Å². The molecular weight excluding hydrogens is 323 g/mol. The number of nitrogens with zero attached hydrogens (tertiary/aromatic N) is 3. The molecule has 0 fully saturated rings. The molecule has 0 spiro atoms. The number of carbonyl (C=O) groups is 1. The minimum atomic E-state index is -0.337. The van der Waals surface area contributed by atoms with E-state index in [0.29, 0.717) is 19.5 Å². The quantitative estimate of drug-likeness (QED) is 0.870. The molecule has 1 N–H and O–H groups in total. The highest BCUT2D eigenvalue weighted by Gasteiger charge is 2.19. The van der Waals surface area contributed by atoms with Crippen molar-refractivity contribution in [2.24, 2.45) is 0 Å². The number of hydrogen-bond donors (Lipinski definition) is 1. The van der Waals surface area contributed by atoms with Crippen molar-refractivity contribution in [1.29, 1.82) is 0 Å². The maximum Gasteiger partial charge on any atom is 0.220 e. The fourth-order valence-electron chi connectivity index (χ4n) is 2.98. The Hall–Kier alpha value is -2.41. The summed E-state index contributed by atoms with van der Waals surface area (Å²) in [6, 6.07) is 7.10. The van der Waals surface area contributed by atoms with Gasteiger partial charge in [0.05, 0.1) is 31.6 Å². The Morgan fingerprint density at radius 2 is 2.20 bits per heavy atom. The lowest BCUT2D eigenvalue weighted by atomic mass is 10.1. The molecule has 25 heavy (non-hydrogen) atoms. The van der Waals surface area contributed by atoms with E-state index in [1.807, 2.05) is 23.7 Å². The van der Waals surface area contributed by atoms with Crippen molar-refractivity contribution in [2.45, 2.75) is 39.5 Å². The Morgan fingerprint density at radius 1 is 1.36 bits per heavy atom. The number of methoxy groups -OCH3 is 1. The van der Waals surface area contributed by atoms with E-state index in [0.717, 1.165) is 36.6 Å². The number of hydrogen-bond acceptors (Lipinski definition) is 4. The summed E-state index contributed by atoms with van der Waals surface area (Å²) in [5.74, 6) is -0.0515. The van der Waals surface area contributed by atoms with Crippen molar-refractivity contribution in [3.8, 4) is 5.75 Å². The van der Waals surface area contributed by atoms with Gasteiger partial charge < -0.3 is 10.1 Å².